The number of ether oxygens (including phenoxy) is 1. The fourth-order valence-electron chi connectivity index (χ4n) is 2.34. The van der Waals surface area contributed by atoms with Gasteiger partial charge in [-0.25, -0.2) is 14.5 Å². The Morgan fingerprint density at radius 1 is 1.03 bits per heavy atom. The van der Waals surface area contributed by atoms with Crippen molar-refractivity contribution in [3.63, 3.8) is 0 Å². The van der Waals surface area contributed by atoms with Gasteiger partial charge in [-0.1, -0.05) is 0 Å². The normalized spacial score (nSPS) is 11.9. The zero-order valence-corrected chi connectivity index (χ0v) is 15.1. The number of carbonyl (C=O) groups is 1. The Labute approximate surface area is 165 Å². The van der Waals surface area contributed by atoms with Crippen molar-refractivity contribution in [1.82, 2.24) is 14.8 Å². The van der Waals surface area contributed by atoms with Gasteiger partial charge in [-0.05, 0) is 48.5 Å². The number of hydrogen-bond acceptors (Lipinski definition) is 4. The van der Waals surface area contributed by atoms with E-state index in [-0.39, 0.29) is 0 Å². The van der Waals surface area contributed by atoms with Gasteiger partial charge in [-0.15, -0.1) is 5.10 Å². The van der Waals surface area contributed by atoms with Crippen LogP contribution >= 0.6 is 0 Å². The molecule has 3 aromatic rings. The summed E-state index contributed by atoms with van der Waals surface area (Å²) in [6.45, 7) is 0. The van der Waals surface area contributed by atoms with Gasteiger partial charge in [-0.3, -0.25) is 4.90 Å². The maximum atomic E-state index is 12.9. The van der Waals surface area contributed by atoms with Crippen molar-refractivity contribution in [2.24, 2.45) is 0 Å². The number of aromatic nitrogens is 3. The summed E-state index contributed by atoms with van der Waals surface area (Å²) in [5.41, 5.74) is 1.37. The standard InChI is InChI=1S/C18H13F5N4O3/c1-26(16(28)29)12-4-2-11(3-5-12)15-24-10-27(25-15)13-6-8-14(9-7-13)30-18(22,23)17(19,20)21/h2-10H,1H3,(H,28,29). The Morgan fingerprint density at radius 3 is 2.17 bits per heavy atom. The number of halogens is 5. The summed E-state index contributed by atoms with van der Waals surface area (Å²) in [4.78, 5) is 16.1. The molecule has 1 aromatic heterocycles. The van der Waals surface area contributed by atoms with Gasteiger partial charge in [0.15, 0.2) is 5.82 Å². The number of alkyl halides is 5. The number of hydrogen-bond donors (Lipinski definition) is 1. The molecule has 1 N–H and O–H groups in total. The van der Waals surface area contributed by atoms with Gasteiger partial charge in [0.2, 0.25) is 0 Å². The Balaban J connectivity index is 1.76. The number of anilines is 1. The molecule has 0 radical (unpaired) electrons. The smallest absolute Gasteiger partial charge is 0.465 e. The fourth-order valence-corrected chi connectivity index (χ4v) is 2.34. The number of rotatable bonds is 5. The van der Waals surface area contributed by atoms with Crippen LogP contribution in [-0.2, 0) is 0 Å². The predicted molar refractivity (Wildman–Crippen MR) is 94.9 cm³/mol. The zero-order valence-electron chi connectivity index (χ0n) is 15.1. The largest absolute Gasteiger partial charge is 0.499 e. The lowest BCUT2D eigenvalue weighted by atomic mass is 10.2. The average molecular weight is 428 g/mol. The molecule has 158 valence electrons. The second-order valence-corrected chi connectivity index (χ2v) is 6.01. The van der Waals surface area contributed by atoms with Crippen LogP contribution in [0.15, 0.2) is 54.9 Å². The Kier molecular flexibility index (Phi) is 5.33. The van der Waals surface area contributed by atoms with Gasteiger partial charge in [0, 0.05) is 18.3 Å². The first-order valence-electron chi connectivity index (χ1n) is 8.21. The van der Waals surface area contributed by atoms with Crippen LogP contribution in [0.5, 0.6) is 5.75 Å². The third-order valence-electron chi connectivity index (χ3n) is 3.97. The van der Waals surface area contributed by atoms with Gasteiger partial charge < -0.3 is 9.84 Å². The van der Waals surface area contributed by atoms with Crippen molar-refractivity contribution in [1.29, 1.82) is 0 Å². The molecular weight excluding hydrogens is 415 g/mol. The molecule has 0 aliphatic rings. The van der Waals surface area contributed by atoms with E-state index in [0.717, 1.165) is 17.0 Å². The lowest BCUT2D eigenvalue weighted by Gasteiger charge is -2.20. The van der Waals surface area contributed by atoms with E-state index in [0.29, 0.717) is 22.8 Å². The molecular formula is C18H13F5N4O3. The number of benzene rings is 2. The first-order chi connectivity index (χ1) is 14.0. The van der Waals surface area contributed by atoms with Gasteiger partial charge in [-0.2, -0.15) is 22.0 Å². The quantitative estimate of drug-likeness (QED) is 0.602. The van der Waals surface area contributed by atoms with Crippen molar-refractivity contribution in [3.05, 3.63) is 54.9 Å². The van der Waals surface area contributed by atoms with Crippen LogP contribution in [0.2, 0.25) is 0 Å². The molecule has 3 rings (SSSR count). The van der Waals surface area contributed by atoms with Crippen LogP contribution in [0.25, 0.3) is 17.1 Å². The van der Waals surface area contributed by atoms with E-state index >= 15 is 0 Å². The number of carboxylic acid groups (broad SMARTS) is 1. The van der Waals surface area contributed by atoms with E-state index in [1.807, 2.05) is 0 Å². The monoisotopic (exact) mass is 428 g/mol. The fraction of sp³-hybridized carbons (Fsp3) is 0.167. The van der Waals surface area contributed by atoms with Crippen molar-refractivity contribution in [3.8, 4) is 22.8 Å². The highest BCUT2D eigenvalue weighted by atomic mass is 19.4. The average Bonchev–Trinajstić information content (AvgIpc) is 3.17. The summed E-state index contributed by atoms with van der Waals surface area (Å²) < 4.78 is 67.5. The molecule has 1 heterocycles. The summed E-state index contributed by atoms with van der Waals surface area (Å²) in [6.07, 6.45) is -10.9. The van der Waals surface area contributed by atoms with Gasteiger partial charge in [0.05, 0.1) is 5.69 Å². The van der Waals surface area contributed by atoms with Crippen molar-refractivity contribution in [2.75, 3.05) is 11.9 Å². The molecule has 1 amide bonds. The Hall–Kier alpha value is -3.70. The first kappa shape index (κ1) is 21.0. The molecule has 30 heavy (non-hydrogen) atoms. The topological polar surface area (TPSA) is 80.5 Å². The highest BCUT2D eigenvalue weighted by molar-refractivity contribution is 5.85. The predicted octanol–water partition coefficient (Wildman–Crippen LogP) is 4.58. The van der Waals surface area contributed by atoms with Crippen molar-refractivity contribution >= 4 is 11.8 Å². The summed E-state index contributed by atoms with van der Waals surface area (Å²) in [5.74, 6) is -0.372. The minimum atomic E-state index is -5.83. The molecule has 0 spiro atoms. The van der Waals surface area contributed by atoms with E-state index in [9.17, 15) is 26.7 Å². The van der Waals surface area contributed by atoms with Crippen molar-refractivity contribution in [2.45, 2.75) is 12.3 Å². The summed E-state index contributed by atoms with van der Waals surface area (Å²) in [7, 11) is 1.39. The minimum absolute atomic E-state index is 0.295. The van der Waals surface area contributed by atoms with Crippen LogP contribution < -0.4 is 9.64 Å². The third-order valence-corrected chi connectivity index (χ3v) is 3.97. The second kappa shape index (κ2) is 7.61. The van der Waals surface area contributed by atoms with Gasteiger partial charge >= 0.3 is 18.4 Å². The van der Waals surface area contributed by atoms with Crippen molar-refractivity contribution < 1.29 is 36.6 Å². The number of nitrogens with zero attached hydrogens (tertiary/aromatic N) is 4. The molecule has 0 fully saturated rings. The Morgan fingerprint density at radius 2 is 1.63 bits per heavy atom. The highest BCUT2D eigenvalue weighted by Crippen LogP contribution is 2.37. The number of amides is 1. The molecule has 0 atom stereocenters. The lowest BCUT2D eigenvalue weighted by molar-refractivity contribution is -0.360. The van der Waals surface area contributed by atoms with Crippen LogP contribution in [0, 0.1) is 0 Å². The SMILES string of the molecule is CN(C(=O)O)c1ccc(-c2ncn(-c3ccc(OC(F)(F)C(F)(F)F)cc3)n2)cc1. The van der Waals surface area contributed by atoms with Crippen LogP contribution in [0.3, 0.4) is 0 Å². The maximum Gasteiger partial charge on any atom is 0.499 e. The van der Waals surface area contributed by atoms with Gasteiger partial charge in [0.25, 0.3) is 0 Å². The lowest BCUT2D eigenvalue weighted by Crippen LogP contribution is -2.41. The minimum Gasteiger partial charge on any atom is -0.465 e. The molecule has 0 saturated heterocycles. The first-order valence-corrected chi connectivity index (χ1v) is 8.21. The van der Waals surface area contributed by atoms with Crippen LogP contribution in [0.1, 0.15) is 0 Å². The summed E-state index contributed by atoms with van der Waals surface area (Å²) in [6, 6.07) is 10.7. The van der Waals surface area contributed by atoms with Gasteiger partial charge in [0.1, 0.15) is 12.1 Å². The summed E-state index contributed by atoms with van der Waals surface area (Å²) >= 11 is 0. The molecule has 2 aromatic carbocycles. The molecule has 0 aliphatic heterocycles. The third kappa shape index (κ3) is 4.31. The van der Waals surface area contributed by atoms with E-state index < -0.39 is 24.1 Å². The van der Waals surface area contributed by atoms with E-state index in [4.69, 9.17) is 5.11 Å². The molecule has 0 bridgehead atoms. The van der Waals surface area contributed by atoms with E-state index in [1.54, 1.807) is 24.3 Å². The molecule has 12 heteroatoms. The molecule has 7 nitrogen and oxygen atoms in total. The van der Waals surface area contributed by atoms with E-state index in [2.05, 4.69) is 14.8 Å². The molecule has 0 unspecified atom stereocenters. The van der Waals surface area contributed by atoms with Crippen LogP contribution in [-0.4, -0.2) is 45.3 Å². The second-order valence-electron chi connectivity index (χ2n) is 6.01. The highest BCUT2D eigenvalue weighted by Gasteiger charge is 2.61. The van der Waals surface area contributed by atoms with Crippen LogP contribution in [0.4, 0.5) is 32.4 Å². The zero-order chi connectivity index (χ0) is 22.1. The molecule has 0 aliphatic carbocycles. The maximum absolute atomic E-state index is 12.9. The van der Waals surface area contributed by atoms with E-state index in [1.165, 1.54) is 30.2 Å². The summed E-state index contributed by atoms with van der Waals surface area (Å²) in [5, 5.41) is 13.2. The Bertz CT molecular complexity index is 1030. The molecule has 0 saturated carbocycles.